The van der Waals surface area contributed by atoms with Crippen LogP contribution in [0.15, 0.2) is 75.9 Å². The first-order valence-corrected chi connectivity index (χ1v) is 9.77. The van der Waals surface area contributed by atoms with Gasteiger partial charge in [-0.15, -0.1) is 0 Å². The van der Waals surface area contributed by atoms with Crippen molar-refractivity contribution in [2.45, 2.75) is 20.5 Å². The average Bonchev–Trinajstić information content (AvgIpc) is 2.78. The molecule has 5 heteroatoms. The van der Waals surface area contributed by atoms with Crippen molar-refractivity contribution in [3.8, 4) is 17.2 Å². The number of carbonyl (C=O) groups excluding carboxylic acids is 1. The lowest BCUT2D eigenvalue weighted by Crippen LogP contribution is -2.09. The first-order chi connectivity index (χ1) is 15.0. The second kappa shape index (κ2) is 8.29. The zero-order chi connectivity index (χ0) is 22.0. The van der Waals surface area contributed by atoms with Crippen LogP contribution in [0.25, 0.3) is 22.1 Å². The smallest absolute Gasteiger partial charge is 0.339 e. The highest BCUT2D eigenvalue weighted by molar-refractivity contribution is 5.98. The van der Waals surface area contributed by atoms with E-state index in [1.165, 1.54) is 6.07 Å². The Morgan fingerprint density at radius 2 is 1.65 bits per heavy atom. The quantitative estimate of drug-likeness (QED) is 0.337. The van der Waals surface area contributed by atoms with Gasteiger partial charge in [0.25, 0.3) is 0 Å². The maximum Gasteiger partial charge on any atom is 0.339 e. The van der Waals surface area contributed by atoms with E-state index in [1.807, 2.05) is 32.0 Å². The molecule has 5 nitrogen and oxygen atoms in total. The van der Waals surface area contributed by atoms with Crippen molar-refractivity contribution in [2.75, 3.05) is 0 Å². The van der Waals surface area contributed by atoms with Crippen LogP contribution < -0.4 is 5.63 Å². The van der Waals surface area contributed by atoms with E-state index in [4.69, 9.17) is 9.15 Å². The Bertz CT molecular complexity index is 1410. The molecule has 0 aliphatic rings. The molecule has 0 unspecified atom stereocenters. The van der Waals surface area contributed by atoms with Gasteiger partial charge in [0.05, 0.1) is 17.2 Å². The summed E-state index contributed by atoms with van der Waals surface area (Å²) in [7, 11) is 0. The third kappa shape index (κ3) is 3.96. The normalized spacial score (nSPS) is 10.6. The van der Waals surface area contributed by atoms with Crippen molar-refractivity contribution in [3.05, 3.63) is 105 Å². The van der Waals surface area contributed by atoms with Crippen LogP contribution in [-0.2, 0) is 11.3 Å². The van der Waals surface area contributed by atoms with Crippen molar-refractivity contribution in [1.29, 1.82) is 5.26 Å². The number of benzene rings is 3. The van der Waals surface area contributed by atoms with Gasteiger partial charge in [-0.3, -0.25) is 0 Å². The van der Waals surface area contributed by atoms with E-state index in [9.17, 15) is 14.9 Å². The summed E-state index contributed by atoms with van der Waals surface area (Å²) < 4.78 is 10.9. The fourth-order valence-electron chi connectivity index (χ4n) is 3.53. The fraction of sp³-hybridized carbons (Fsp3) is 0.115. The maximum absolute atomic E-state index is 12.9. The number of fused-ring (bicyclic) bond motifs is 1. The molecule has 0 bridgehead atoms. The minimum Gasteiger partial charge on any atom is -0.457 e. The van der Waals surface area contributed by atoms with Crippen molar-refractivity contribution in [1.82, 2.24) is 0 Å². The molecule has 0 saturated carbocycles. The van der Waals surface area contributed by atoms with E-state index in [2.05, 4.69) is 6.07 Å². The number of hydrogen-bond acceptors (Lipinski definition) is 5. The van der Waals surface area contributed by atoms with Gasteiger partial charge in [0, 0.05) is 22.6 Å². The van der Waals surface area contributed by atoms with Crippen LogP contribution >= 0.6 is 0 Å². The van der Waals surface area contributed by atoms with Crippen LogP contribution in [0, 0.1) is 25.2 Å². The Morgan fingerprint density at radius 1 is 0.968 bits per heavy atom. The van der Waals surface area contributed by atoms with Gasteiger partial charge < -0.3 is 9.15 Å². The Kier molecular flexibility index (Phi) is 5.38. The molecular weight excluding hydrogens is 390 g/mol. The zero-order valence-electron chi connectivity index (χ0n) is 17.1. The average molecular weight is 409 g/mol. The standard InChI is InChI=1S/C26H19NO4/c1-16-11-23-19(13-25(28)31-24(23)12-17(16)2)15-30-26(29)22-10-6-5-9-21(22)20-8-4-3-7-18(20)14-27/h3-13H,15H2,1-2H3. The van der Waals surface area contributed by atoms with Gasteiger partial charge in [0.2, 0.25) is 0 Å². The first kappa shape index (κ1) is 20.1. The molecule has 3 aromatic carbocycles. The van der Waals surface area contributed by atoms with E-state index in [0.717, 1.165) is 16.5 Å². The highest BCUT2D eigenvalue weighted by atomic mass is 16.5. The summed E-state index contributed by atoms with van der Waals surface area (Å²) in [5, 5.41) is 10.2. The molecule has 1 heterocycles. The summed E-state index contributed by atoms with van der Waals surface area (Å²) in [5.74, 6) is -0.534. The lowest BCUT2D eigenvalue weighted by atomic mass is 9.96. The van der Waals surface area contributed by atoms with Gasteiger partial charge in [-0.25, -0.2) is 9.59 Å². The van der Waals surface area contributed by atoms with Crippen molar-refractivity contribution in [3.63, 3.8) is 0 Å². The van der Waals surface area contributed by atoms with Gasteiger partial charge in [-0.2, -0.15) is 5.26 Å². The highest BCUT2D eigenvalue weighted by Gasteiger charge is 2.17. The third-order valence-electron chi connectivity index (χ3n) is 5.29. The molecule has 1 aromatic heterocycles. The van der Waals surface area contributed by atoms with Gasteiger partial charge >= 0.3 is 11.6 Å². The van der Waals surface area contributed by atoms with Gasteiger partial charge in [0.15, 0.2) is 0 Å². The van der Waals surface area contributed by atoms with Gasteiger partial charge in [-0.1, -0.05) is 36.4 Å². The SMILES string of the molecule is Cc1cc2oc(=O)cc(COC(=O)c3ccccc3-c3ccccc3C#N)c2cc1C. The van der Waals surface area contributed by atoms with E-state index in [0.29, 0.717) is 33.4 Å². The molecule has 0 atom stereocenters. The molecule has 0 spiro atoms. The number of ether oxygens (including phenoxy) is 1. The van der Waals surface area contributed by atoms with Gasteiger partial charge in [0.1, 0.15) is 12.2 Å². The number of nitriles is 1. The summed E-state index contributed by atoms with van der Waals surface area (Å²) in [6, 6.07) is 21.3. The summed E-state index contributed by atoms with van der Waals surface area (Å²) >= 11 is 0. The first-order valence-electron chi connectivity index (χ1n) is 9.77. The topological polar surface area (TPSA) is 80.3 Å². The van der Waals surface area contributed by atoms with E-state index >= 15 is 0 Å². The minimum absolute atomic E-state index is 0.0718. The second-order valence-corrected chi connectivity index (χ2v) is 7.30. The molecule has 0 aliphatic heterocycles. The van der Waals surface area contributed by atoms with Crippen LogP contribution in [0.5, 0.6) is 0 Å². The summed E-state index contributed by atoms with van der Waals surface area (Å²) in [6.07, 6.45) is 0. The Labute approximate surface area is 179 Å². The molecule has 4 aromatic rings. The highest BCUT2D eigenvalue weighted by Crippen LogP contribution is 2.28. The number of esters is 1. The molecule has 152 valence electrons. The number of rotatable bonds is 4. The minimum atomic E-state index is -0.534. The van der Waals surface area contributed by atoms with Crippen molar-refractivity contribution < 1.29 is 13.9 Å². The van der Waals surface area contributed by atoms with Crippen molar-refractivity contribution >= 4 is 16.9 Å². The van der Waals surface area contributed by atoms with Gasteiger partial charge in [-0.05, 0) is 54.8 Å². The number of nitrogens with zero attached hydrogens (tertiary/aromatic N) is 1. The van der Waals surface area contributed by atoms with Crippen LogP contribution in [-0.4, -0.2) is 5.97 Å². The largest absolute Gasteiger partial charge is 0.457 e. The number of carbonyl (C=O) groups is 1. The molecule has 0 fully saturated rings. The lowest BCUT2D eigenvalue weighted by molar-refractivity contribution is 0.0474. The number of aryl methyl sites for hydroxylation is 2. The fourth-order valence-corrected chi connectivity index (χ4v) is 3.53. The Hall–Kier alpha value is -4.17. The molecule has 0 radical (unpaired) electrons. The Morgan fingerprint density at radius 3 is 2.42 bits per heavy atom. The molecule has 4 rings (SSSR count). The molecule has 0 saturated heterocycles. The third-order valence-corrected chi connectivity index (χ3v) is 5.29. The maximum atomic E-state index is 12.9. The van der Waals surface area contributed by atoms with Crippen LogP contribution in [0.3, 0.4) is 0 Å². The van der Waals surface area contributed by atoms with Crippen LogP contribution in [0.4, 0.5) is 0 Å². The predicted octanol–water partition coefficient (Wildman–Crippen LogP) is 5.31. The summed E-state index contributed by atoms with van der Waals surface area (Å²) in [5.41, 5.74) is 4.71. The van der Waals surface area contributed by atoms with E-state index in [1.54, 1.807) is 42.5 Å². The van der Waals surface area contributed by atoms with E-state index < -0.39 is 11.6 Å². The number of hydrogen-bond donors (Lipinski definition) is 0. The summed E-state index contributed by atoms with van der Waals surface area (Å²) in [4.78, 5) is 24.9. The predicted molar refractivity (Wildman–Crippen MR) is 118 cm³/mol. The molecule has 0 aliphatic carbocycles. The second-order valence-electron chi connectivity index (χ2n) is 7.30. The van der Waals surface area contributed by atoms with Crippen LogP contribution in [0.1, 0.15) is 32.6 Å². The zero-order valence-corrected chi connectivity index (χ0v) is 17.1. The Balaban J connectivity index is 1.68. The monoisotopic (exact) mass is 409 g/mol. The van der Waals surface area contributed by atoms with E-state index in [-0.39, 0.29) is 6.61 Å². The molecule has 0 N–H and O–H groups in total. The summed E-state index contributed by atoms with van der Waals surface area (Å²) in [6.45, 7) is 3.84. The molecular formula is C26H19NO4. The molecule has 0 amide bonds. The van der Waals surface area contributed by atoms with Crippen molar-refractivity contribution in [2.24, 2.45) is 0 Å². The van der Waals surface area contributed by atoms with Crippen LogP contribution in [0.2, 0.25) is 0 Å². The molecule has 31 heavy (non-hydrogen) atoms. The lowest BCUT2D eigenvalue weighted by Gasteiger charge is -2.12.